The number of rotatable bonds is 12. The second kappa shape index (κ2) is 13.6. The Balaban J connectivity index is 2.30. The van der Waals surface area contributed by atoms with Gasteiger partial charge in [-0.3, -0.25) is 14.4 Å². The molecule has 2 atom stereocenters. The number of amides is 1. The molecule has 1 unspecified atom stereocenters. The van der Waals surface area contributed by atoms with Crippen LogP contribution in [0.25, 0.3) is 0 Å². The first kappa shape index (κ1) is 29.5. The molecule has 1 saturated heterocycles. The molecule has 0 saturated carbocycles. The van der Waals surface area contributed by atoms with Crippen molar-refractivity contribution in [3.8, 4) is 5.88 Å². The molecular weight excluding hydrogens is 520 g/mol. The number of aromatic nitrogens is 2. The SMILES string of the molecule is CC(=O)OCC(=O)N(CC(COc1nsnc1N1CCOCC1)[C@H](OC(=O)CCl)C(=O)O)C(C)(C)C. The maximum Gasteiger partial charge on any atom is 0.345 e. The molecule has 202 valence electrons. The predicted octanol–water partition coefficient (Wildman–Crippen LogP) is 0.795. The fraction of sp³-hybridized carbons (Fsp3) is 0.714. The van der Waals surface area contributed by atoms with Crippen LogP contribution in [0.2, 0.25) is 0 Å². The zero-order valence-corrected chi connectivity index (χ0v) is 22.2. The van der Waals surface area contributed by atoms with Gasteiger partial charge in [-0.1, -0.05) is 0 Å². The Morgan fingerprint density at radius 1 is 1.22 bits per heavy atom. The molecule has 2 heterocycles. The summed E-state index contributed by atoms with van der Waals surface area (Å²) in [4.78, 5) is 51.3. The molecule has 1 fully saturated rings. The van der Waals surface area contributed by atoms with Crippen molar-refractivity contribution < 1.29 is 43.2 Å². The molecule has 2 rings (SSSR count). The van der Waals surface area contributed by atoms with Crippen LogP contribution in [0.5, 0.6) is 5.88 Å². The first-order valence-corrected chi connectivity index (χ1v) is 12.4. The summed E-state index contributed by atoms with van der Waals surface area (Å²) >= 11 is 6.46. The zero-order chi connectivity index (χ0) is 26.9. The van der Waals surface area contributed by atoms with Crippen molar-refractivity contribution in [1.82, 2.24) is 13.6 Å². The molecule has 1 amide bonds. The molecule has 1 aliphatic heterocycles. The van der Waals surface area contributed by atoms with E-state index in [-0.39, 0.29) is 19.0 Å². The normalized spacial score (nSPS) is 15.5. The van der Waals surface area contributed by atoms with Crippen molar-refractivity contribution in [2.24, 2.45) is 5.92 Å². The van der Waals surface area contributed by atoms with Crippen molar-refractivity contribution in [3.05, 3.63) is 0 Å². The molecule has 13 nitrogen and oxygen atoms in total. The number of morpholine rings is 1. The number of nitrogens with zero attached hydrogens (tertiary/aromatic N) is 4. The van der Waals surface area contributed by atoms with E-state index in [9.17, 15) is 24.3 Å². The van der Waals surface area contributed by atoms with Gasteiger partial charge in [0.1, 0.15) is 5.88 Å². The third-order valence-corrected chi connectivity index (χ3v) is 5.87. The van der Waals surface area contributed by atoms with Crippen molar-refractivity contribution in [1.29, 1.82) is 0 Å². The number of alkyl halides is 1. The topological polar surface area (TPSA) is 158 Å². The second-order valence-corrected chi connectivity index (χ2v) is 9.70. The Bertz CT molecular complexity index is 917. The molecule has 1 aliphatic rings. The lowest BCUT2D eigenvalue weighted by molar-refractivity contribution is -0.169. The van der Waals surface area contributed by atoms with E-state index in [0.29, 0.717) is 32.1 Å². The van der Waals surface area contributed by atoms with Gasteiger partial charge in [0.05, 0.1) is 37.5 Å². The molecule has 1 N–H and O–H groups in total. The molecule has 36 heavy (non-hydrogen) atoms. The molecule has 1 aromatic rings. The number of carbonyl (C=O) groups excluding carboxylic acids is 3. The van der Waals surface area contributed by atoms with E-state index in [1.54, 1.807) is 20.8 Å². The van der Waals surface area contributed by atoms with Gasteiger partial charge in [0.2, 0.25) is 11.9 Å². The van der Waals surface area contributed by atoms with E-state index in [4.69, 9.17) is 30.5 Å². The number of anilines is 1. The lowest BCUT2D eigenvalue weighted by Crippen LogP contribution is -2.53. The average molecular weight is 551 g/mol. The Hall–Kier alpha value is -2.71. The van der Waals surface area contributed by atoms with Gasteiger partial charge in [-0.25, -0.2) is 4.79 Å². The van der Waals surface area contributed by atoms with Gasteiger partial charge in [0, 0.05) is 32.1 Å². The van der Waals surface area contributed by atoms with Crippen LogP contribution in [0, 0.1) is 5.92 Å². The maximum atomic E-state index is 12.9. The zero-order valence-electron chi connectivity index (χ0n) is 20.6. The number of carboxylic acid groups (broad SMARTS) is 1. The number of aliphatic carboxylic acids is 1. The number of halogens is 1. The Morgan fingerprint density at radius 2 is 1.89 bits per heavy atom. The minimum atomic E-state index is -1.68. The van der Waals surface area contributed by atoms with Crippen molar-refractivity contribution in [2.45, 2.75) is 39.3 Å². The van der Waals surface area contributed by atoms with Gasteiger partial charge in [0.15, 0.2) is 6.61 Å². The molecular formula is C21H31ClN4O9S. The Morgan fingerprint density at radius 3 is 2.44 bits per heavy atom. The molecule has 15 heteroatoms. The van der Waals surface area contributed by atoms with Crippen molar-refractivity contribution in [2.75, 3.05) is 56.8 Å². The highest BCUT2D eigenvalue weighted by atomic mass is 35.5. The minimum Gasteiger partial charge on any atom is -0.478 e. The number of hydrogen-bond acceptors (Lipinski definition) is 12. The summed E-state index contributed by atoms with van der Waals surface area (Å²) in [5.74, 6) is -4.47. The van der Waals surface area contributed by atoms with E-state index in [1.165, 1.54) is 11.8 Å². The summed E-state index contributed by atoms with van der Waals surface area (Å²) in [6.45, 7) is 7.57. The molecule has 0 bridgehead atoms. The summed E-state index contributed by atoms with van der Waals surface area (Å²) in [7, 11) is 0. The predicted molar refractivity (Wildman–Crippen MR) is 128 cm³/mol. The van der Waals surface area contributed by atoms with E-state index in [0.717, 1.165) is 11.7 Å². The van der Waals surface area contributed by atoms with Crippen LogP contribution >= 0.6 is 23.3 Å². The van der Waals surface area contributed by atoms with Gasteiger partial charge >= 0.3 is 17.9 Å². The van der Waals surface area contributed by atoms with Gasteiger partial charge in [0.25, 0.3) is 11.8 Å². The van der Waals surface area contributed by atoms with Crippen LogP contribution in [-0.4, -0.2) is 106 Å². The van der Waals surface area contributed by atoms with E-state index in [1.807, 2.05) is 4.90 Å². The fourth-order valence-corrected chi connectivity index (χ4v) is 3.99. The summed E-state index contributed by atoms with van der Waals surface area (Å²) in [5.41, 5.74) is -0.795. The lowest BCUT2D eigenvalue weighted by Gasteiger charge is -2.39. The number of hydrogen-bond donors (Lipinski definition) is 1. The van der Waals surface area contributed by atoms with Crippen molar-refractivity contribution in [3.63, 3.8) is 0 Å². The monoisotopic (exact) mass is 550 g/mol. The van der Waals surface area contributed by atoms with Crippen LogP contribution in [0.15, 0.2) is 0 Å². The van der Waals surface area contributed by atoms with Crippen LogP contribution in [0.1, 0.15) is 27.7 Å². The van der Waals surface area contributed by atoms with Crippen LogP contribution in [0.3, 0.4) is 0 Å². The fourth-order valence-electron chi connectivity index (χ4n) is 3.40. The lowest BCUT2D eigenvalue weighted by atomic mass is 9.98. The number of esters is 2. The highest BCUT2D eigenvalue weighted by Gasteiger charge is 2.38. The van der Waals surface area contributed by atoms with Crippen LogP contribution in [-0.2, 0) is 33.4 Å². The summed E-state index contributed by atoms with van der Waals surface area (Å²) in [6.07, 6.45) is -1.68. The highest BCUT2D eigenvalue weighted by Crippen LogP contribution is 2.28. The number of ether oxygens (including phenoxy) is 4. The molecule has 1 aromatic heterocycles. The van der Waals surface area contributed by atoms with Gasteiger partial charge in [-0.15, -0.1) is 16.0 Å². The summed E-state index contributed by atoms with van der Waals surface area (Å²) < 4.78 is 29.6. The van der Waals surface area contributed by atoms with E-state index in [2.05, 4.69) is 8.75 Å². The summed E-state index contributed by atoms with van der Waals surface area (Å²) in [6, 6.07) is 0. The smallest absolute Gasteiger partial charge is 0.345 e. The molecule has 0 radical (unpaired) electrons. The van der Waals surface area contributed by atoms with Gasteiger partial charge < -0.3 is 33.9 Å². The van der Waals surface area contributed by atoms with Gasteiger partial charge in [-0.05, 0) is 20.8 Å². The second-order valence-electron chi connectivity index (χ2n) is 8.90. The Kier molecular flexibility index (Phi) is 11.1. The molecule has 0 aromatic carbocycles. The highest BCUT2D eigenvalue weighted by molar-refractivity contribution is 6.99. The van der Waals surface area contributed by atoms with Crippen LogP contribution < -0.4 is 9.64 Å². The third-order valence-electron chi connectivity index (χ3n) is 5.15. The maximum absolute atomic E-state index is 12.9. The average Bonchev–Trinajstić information content (AvgIpc) is 3.29. The van der Waals surface area contributed by atoms with Crippen LogP contribution in [0.4, 0.5) is 5.82 Å². The number of carbonyl (C=O) groups is 4. The quantitative estimate of drug-likeness (QED) is 0.288. The number of carboxylic acids is 1. The third kappa shape index (κ3) is 8.75. The summed E-state index contributed by atoms with van der Waals surface area (Å²) in [5, 5.41) is 9.84. The first-order valence-electron chi connectivity index (χ1n) is 11.1. The standard InChI is InChI=1S/C21H31ClN4O9S/c1-13(27)33-12-15(28)26(21(2,3)4)10-14(17(20(30)31)35-16(29)9-22)11-34-19-18(23-36-24-19)25-5-7-32-8-6-25/h14,17H,5-12H2,1-4H3,(H,30,31)/t14?,17-/m0/s1. The largest absolute Gasteiger partial charge is 0.478 e. The molecule has 0 aliphatic carbocycles. The van der Waals surface area contributed by atoms with E-state index < -0.39 is 53.9 Å². The van der Waals surface area contributed by atoms with Crippen molar-refractivity contribution >= 4 is 53.0 Å². The minimum absolute atomic E-state index is 0.188. The Labute approximate surface area is 217 Å². The van der Waals surface area contributed by atoms with Gasteiger partial charge in [-0.2, -0.15) is 4.37 Å². The van der Waals surface area contributed by atoms with E-state index >= 15 is 0 Å². The first-order chi connectivity index (χ1) is 16.9. The molecule has 0 spiro atoms.